The number of ether oxygens (including phenoxy) is 4. The highest BCUT2D eigenvalue weighted by molar-refractivity contribution is 5.68. The molecule has 0 N–H and O–H groups in total. The van der Waals surface area contributed by atoms with Gasteiger partial charge in [0.15, 0.2) is 11.5 Å². The van der Waals surface area contributed by atoms with E-state index in [1.807, 2.05) is 11.9 Å². The van der Waals surface area contributed by atoms with E-state index in [1.54, 1.807) is 18.5 Å². The van der Waals surface area contributed by atoms with Crippen molar-refractivity contribution >= 4 is 12.0 Å². The van der Waals surface area contributed by atoms with Gasteiger partial charge in [0.1, 0.15) is 19.3 Å². The summed E-state index contributed by atoms with van der Waals surface area (Å²) in [4.78, 5) is 6.38. The molecular weight excluding hydrogens is 322 g/mol. The van der Waals surface area contributed by atoms with Crippen molar-refractivity contribution in [3.63, 3.8) is 0 Å². The van der Waals surface area contributed by atoms with E-state index in [2.05, 4.69) is 24.9 Å². The van der Waals surface area contributed by atoms with Crippen molar-refractivity contribution in [1.29, 1.82) is 5.26 Å². The molecule has 0 aliphatic carbocycles. The molecule has 7 nitrogen and oxygen atoms in total. The molecule has 0 saturated heterocycles. The molecule has 0 atom stereocenters. The normalized spacial score (nSPS) is 16.1. The van der Waals surface area contributed by atoms with Gasteiger partial charge in [0.2, 0.25) is 0 Å². The van der Waals surface area contributed by atoms with Gasteiger partial charge >= 0.3 is 0 Å². The van der Waals surface area contributed by atoms with Crippen LogP contribution in [0.3, 0.4) is 0 Å². The van der Waals surface area contributed by atoms with E-state index in [9.17, 15) is 5.26 Å². The Morgan fingerprint density at radius 2 is 1.60 bits per heavy atom. The molecule has 0 spiro atoms. The summed E-state index contributed by atoms with van der Waals surface area (Å²) in [5, 5.41) is 9.42. The summed E-state index contributed by atoms with van der Waals surface area (Å²) in [6, 6.07) is 5.86. The van der Waals surface area contributed by atoms with Crippen molar-refractivity contribution in [2.24, 2.45) is 4.99 Å². The van der Waals surface area contributed by atoms with Gasteiger partial charge in [-0.15, -0.1) is 0 Å². The van der Waals surface area contributed by atoms with Crippen molar-refractivity contribution in [2.45, 2.75) is 19.9 Å². The van der Waals surface area contributed by atoms with Crippen LogP contribution in [0.25, 0.3) is 0 Å². The third kappa shape index (κ3) is 5.93. The number of nitriles is 1. The number of nitrogens with zero attached hydrogens (tertiary/aromatic N) is 3. The number of hydrogen-bond acceptors (Lipinski definition) is 6. The summed E-state index contributed by atoms with van der Waals surface area (Å²) in [6.45, 7) is 6.85. The van der Waals surface area contributed by atoms with Gasteiger partial charge in [-0.3, -0.25) is 0 Å². The Bertz CT molecular complexity index is 625. The fraction of sp³-hybridized carbons (Fsp3) is 0.556. The van der Waals surface area contributed by atoms with Gasteiger partial charge in [-0.1, -0.05) is 0 Å². The number of fused-ring (bicyclic) bond motifs is 1. The molecule has 1 aromatic carbocycles. The topological polar surface area (TPSA) is 76.3 Å². The molecule has 1 aliphatic heterocycles. The van der Waals surface area contributed by atoms with Crippen molar-refractivity contribution < 1.29 is 18.9 Å². The summed E-state index contributed by atoms with van der Waals surface area (Å²) in [7, 11) is 1.94. The number of rotatable bonds is 3. The van der Waals surface area contributed by atoms with Crippen LogP contribution in [0.2, 0.25) is 0 Å². The van der Waals surface area contributed by atoms with Gasteiger partial charge in [-0.25, -0.2) is 4.99 Å². The first-order valence-corrected chi connectivity index (χ1v) is 8.37. The van der Waals surface area contributed by atoms with Crippen LogP contribution in [-0.4, -0.2) is 64.0 Å². The number of hydrogen-bond donors (Lipinski definition) is 0. The summed E-state index contributed by atoms with van der Waals surface area (Å²) >= 11 is 0. The lowest BCUT2D eigenvalue weighted by Gasteiger charge is -2.18. The second-order valence-corrected chi connectivity index (χ2v) is 5.85. The molecule has 1 aliphatic rings. The summed E-state index contributed by atoms with van der Waals surface area (Å²) in [6.07, 6.45) is 1.71. The Hall–Kier alpha value is -2.30. The minimum Gasteiger partial charge on any atom is -0.487 e. The zero-order valence-electron chi connectivity index (χ0n) is 15.0. The second kappa shape index (κ2) is 9.87. The lowest BCUT2D eigenvalue weighted by Crippen LogP contribution is -2.24. The number of aliphatic imine (C=N–C) groups is 1. The monoisotopic (exact) mass is 347 g/mol. The molecule has 0 saturated carbocycles. The van der Waals surface area contributed by atoms with Gasteiger partial charge in [0, 0.05) is 25.2 Å². The molecule has 0 amide bonds. The van der Waals surface area contributed by atoms with Crippen LogP contribution >= 0.6 is 0 Å². The highest BCUT2D eigenvalue weighted by atomic mass is 16.6. The molecule has 7 heteroatoms. The highest BCUT2D eigenvalue weighted by Gasteiger charge is 2.13. The Kier molecular flexibility index (Phi) is 7.51. The maximum atomic E-state index is 9.42. The van der Waals surface area contributed by atoms with Crippen molar-refractivity contribution in [1.82, 2.24) is 4.90 Å². The summed E-state index contributed by atoms with van der Waals surface area (Å²) < 4.78 is 22.3. The standard InChI is InChI=1S/C18H25N3O4/c1-14(2)21(3)13-20-16-11-18-17(10-15(16)12-19)24-8-6-22-4-5-23-7-9-25-18/h10-11,13-14H,4-9H2,1-3H3. The van der Waals surface area contributed by atoms with Crippen LogP contribution in [0.1, 0.15) is 19.4 Å². The van der Waals surface area contributed by atoms with Gasteiger partial charge in [0.25, 0.3) is 0 Å². The fourth-order valence-electron chi connectivity index (χ4n) is 2.00. The third-order valence-electron chi connectivity index (χ3n) is 3.72. The first-order valence-electron chi connectivity index (χ1n) is 8.37. The SMILES string of the molecule is CC(C)N(C)C=Nc1cc2c(cc1C#N)OCCOCCOCCO2. The van der Waals surface area contributed by atoms with E-state index in [0.29, 0.717) is 68.4 Å². The maximum Gasteiger partial charge on any atom is 0.163 e. The predicted molar refractivity (Wildman–Crippen MR) is 94.8 cm³/mol. The van der Waals surface area contributed by atoms with Crippen molar-refractivity contribution in [3.8, 4) is 17.6 Å². The summed E-state index contributed by atoms with van der Waals surface area (Å²) in [5.74, 6) is 1.06. The molecule has 0 fully saturated rings. The molecule has 25 heavy (non-hydrogen) atoms. The molecule has 1 heterocycles. The molecular formula is C18H25N3O4. The van der Waals surface area contributed by atoms with E-state index in [-0.39, 0.29) is 0 Å². The average molecular weight is 347 g/mol. The molecule has 0 radical (unpaired) electrons. The van der Waals surface area contributed by atoms with E-state index in [4.69, 9.17) is 18.9 Å². The molecule has 0 bridgehead atoms. The average Bonchev–Trinajstić information content (AvgIpc) is 2.60. The quantitative estimate of drug-likeness (QED) is 0.617. The van der Waals surface area contributed by atoms with Crippen LogP contribution in [0.5, 0.6) is 11.5 Å². The second-order valence-electron chi connectivity index (χ2n) is 5.85. The van der Waals surface area contributed by atoms with Gasteiger partial charge < -0.3 is 23.8 Å². The zero-order valence-corrected chi connectivity index (χ0v) is 15.0. The van der Waals surface area contributed by atoms with Crippen LogP contribution in [-0.2, 0) is 9.47 Å². The van der Waals surface area contributed by atoms with Crippen molar-refractivity contribution in [2.75, 3.05) is 46.7 Å². The predicted octanol–water partition coefficient (Wildman–Crippen LogP) is 2.36. The molecule has 0 unspecified atom stereocenters. The Balaban J connectivity index is 2.26. The van der Waals surface area contributed by atoms with Gasteiger partial charge in [-0.05, 0) is 13.8 Å². The van der Waals surface area contributed by atoms with Gasteiger partial charge in [0.05, 0.1) is 44.0 Å². The first kappa shape index (κ1) is 19.0. The third-order valence-corrected chi connectivity index (χ3v) is 3.72. The van der Waals surface area contributed by atoms with Gasteiger partial charge in [-0.2, -0.15) is 5.26 Å². The fourth-order valence-corrected chi connectivity index (χ4v) is 2.00. The van der Waals surface area contributed by atoms with Crippen molar-refractivity contribution in [3.05, 3.63) is 17.7 Å². The number of benzene rings is 1. The van der Waals surface area contributed by atoms with E-state index in [0.717, 1.165) is 0 Å². The Labute approximate surface area is 148 Å². The van der Waals surface area contributed by atoms with Crippen LogP contribution < -0.4 is 9.47 Å². The molecule has 1 aromatic rings. The largest absolute Gasteiger partial charge is 0.487 e. The van der Waals surface area contributed by atoms with E-state index in [1.165, 1.54) is 0 Å². The first-order chi connectivity index (χ1) is 12.1. The minimum absolute atomic E-state index is 0.315. The Morgan fingerprint density at radius 3 is 2.16 bits per heavy atom. The zero-order chi connectivity index (χ0) is 18.1. The summed E-state index contributed by atoms with van der Waals surface area (Å²) in [5.41, 5.74) is 0.974. The van der Waals surface area contributed by atoms with Crippen LogP contribution in [0.15, 0.2) is 17.1 Å². The van der Waals surface area contributed by atoms with Crippen LogP contribution in [0.4, 0.5) is 5.69 Å². The molecule has 136 valence electrons. The highest BCUT2D eigenvalue weighted by Crippen LogP contribution is 2.35. The maximum absolute atomic E-state index is 9.42. The Morgan fingerprint density at radius 1 is 1.04 bits per heavy atom. The minimum atomic E-state index is 0.315. The van der Waals surface area contributed by atoms with E-state index >= 15 is 0 Å². The van der Waals surface area contributed by atoms with Crippen LogP contribution in [0, 0.1) is 11.3 Å². The lowest BCUT2D eigenvalue weighted by molar-refractivity contribution is 0.0223. The smallest absolute Gasteiger partial charge is 0.163 e. The van der Waals surface area contributed by atoms with E-state index < -0.39 is 0 Å². The molecule has 0 aromatic heterocycles. The lowest BCUT2D eigenvalue weighted by atomic mass is 10.1. The molecule has 2 rings (SSSR count).